The number of nitrogens with zero attached hydrogens (tertiary/aromatic N) is 2. The van der Waals surface area contributed by atoms with Crippen LogP contribution in [0.15, 0.2) is 47.8 Å². The first-order chi connectivity index (χ1) is 15.5. The maximum atomic E-state index is 13.5. The Hall–Kier alpha value is -1.98. The summed E-state index contributed by atoms with van der Waals surface area (Å²) in [5, 5.41) is 4.99. The molecule has 3 nitrogen and oxygen atoms in total. The number of hydrogen-bond donors (Lipinski definition) is 0. The number of rotatable bonds is 3. The highest BCUT2D eigenvalue weighted by Crippen LogP contribution is 2.37. The molecule has 164 valence electrons. The molecule has 2 aromatic carbocycles. The van der Waals surface area contributed by atoms with Gasteiger partial charge in [-0.25, -0.2) is 0 Å². The zero-order valence-electron chi connectivity index (χ0n) is 17.2. The van der Waals surface area contributed by atoms with Gasteiger partial charge in [0.1, 0.15) is 0 Å². The van der Waals surface area contributed by atoms with E-state index < -0.39 is 0 Å². The van der Waals surface area contributed by atoms with E-state index in [9.17, 15) is 4.79 Å². The Balaban J connectivity index is 1.50. The number of fused-ring (bicyclic) bond motifs is 1. The van der Waals surface area contributed by atoms with Crippen molar-refractivity contribution in [3.63, 3.8) is 0 Å². The molecule has 1 fully saturated rings. The quantitative estimate of drug-likeness (QED) is 0.453. The molecule has 0 radical (unpaired) electrons. The van der Waals surface area contributed by atoms with E-state index in [0.29, 0.717) is 34.7 Å². The molecule has 1 aliphatic carbocycles. The van der Waals surface area contributed by atoms with Crippen molar-refractivity contribution in [3.8, 4) is 0 Å². The first-order valence-electron chi connectivity index (χ1n) is 10.6. The summed E-state index contributed by atoms with van der Waals surface area (Å²) in [6.45, 7) is 1.85. The molecular formula is C25H21Cl3N2OS. The second-order valence-electron chi connectivity index (χ2n) is 8.02. The van der Waals surface area contributed by atoms with E-state index in [-0.39, 0.29) is 11.9 Å². The minimum atomic E-state index is -0.0475. The number of hydrogen-bond acceptors (Lipinski definition) is 3. The molecule has 32 heavy (non-hydrogen) atoms. The minimum Gasteiger partial charge on any atom is -0.360 e. The Kier molecular flexibility index (Phi) is 6.22. The number of carbonyl (C=O) groups excluding carboxylic acids is 1. The molecule has 0 N–H and O–H groups in total. The molecule has 1 aromatic heterocycles. The third-order valence-corrected chi connectivity index (χ3v) is 7.86. The first kappa shape index (κ1) is 21.8. The summed E-state index contributed by atoms with van der Waals surface area (Å²) in [6.07, 6.45) is 6.45. The van der Waals surface area contributed by atoms with E-state index in [1.165, 1.54) is 4.53 Å². The van der Waals surface area contributed by atoms with Gasteiger partial charge in [-0.1, -0.05) is 59.1 Å². The molecule has 1 unspecified atom stereocenters. The average molecular weight is 504 g/mol. The Morgan fingerprint density at radius 3 is 2.47 bits per heavy atom. The van der Waals surface area contributed by atoms with E-state index in [4.69, 9.17) is 34.8 Å². The van der Waals surface area contributed by atoms with Gasteiger partial charge in [-0.15, -0.1) is 11.3 Å². The van der Waals surface area contributed by atoms with Crippen molar-refractivity contribution in [3.05, 3.63) is 83.8 Å². The average Bonchev–Trinajstić information content (AvgIpc) is 3.23. The third-order valence-electron chi connectivity index (χ3n) is 6.08. The predicted molar refractivity (Wildman–Crippen MR) is 136 cm³/mol. The van der Waals surface area contributed by atoms with Gasteiger partial charge in [-0.05, 0) is 48.7 Å². The maximum absolute atomic E-state index is 13.5. The summed E-state index contributed by atoms with van der Waals surface area (Å²) in [4.78, 5) is 17.8. The molecule has 1 atom stereocenters. The van der Waals surface area contributed by atoms with Crippen LogP contribution in [0.2, 0.25) is 15.1 Å². The molecule has 0 bridgehead atoms. The van der Waals surface area contributed by atoms with Gasteiger partial charge in [0.05, 0.1) is 22.3 Å². The predicted octanol–water partition coefficient (Wildman–Crippen LogP) is 5.77. The lowest BCUT2D eigenvalue weighted by atomic mass is 10.0. The van der Waals surface area contributed by atoms with Crippen molar-refractivity contribution in [2.24, 2.45) is 0 Å². The maximum Gasteiger partial charge on any atom is 0.255 e. The second-order valence-corrected chi connectivity index (χ2v) is 10.2. The smallest absolute Gasteiger partial charge is 0.255 e. The number of carbonyl (C=O) groups is 1. The van der Waals surface area contributed by atoms with Crippen molar-refractivity contribution >= 4 is 69.9 Å². The number of anilines is 1. The molecule has 1 saturated heterocycles. The van der Waals surface area contributed by atoms with Crippen LogP contribution in [0.5, 0.6) is 0 Å². The fraction of sp³-hybridized carbons (Fsp3) is 0.240. The fourth-order valence-corrected chi connectivity index (χ4v) is 6.12. The highest BCUT2D eigenvalue weighted by Gasteiger charge is 2.32. The van der Waals surface area contributed by atoms with Crippen LogP contribution in [-0.2, 0) is 0 Å². The highest BCUT2D eigenvalue weighted by molar-refractivity contribution is 7.08. The SMILES string of the molecule is O=C(c1csc2c1=CCCC=2)N1CCN(c2ccc(Cl)cc2Cl)C(c2ccc(Cl)cc2)C1. The summed E-state index contributed by atoms with van der Waals surface area (Å²) in [5.74, 6) is 0.0925. The summed E-state index contributed by atoms with van der Waals surface area (Å²) in [6, 6.07) is 13.3. The molecule has 2 heterocycles. The van der Waals surface area contributed by atoms with Crippen molar-refractivity contribution in [2.45, 2.75) is 18.9 Å². The van der Waals surface area contributed by atoms with E-state index in [0.717, 1.165) is 34.9 Å². The van der Waals surface area contributed by atoms with Crippen molar-refractivity contribution in [1.82, 2.24) is 4.90 Å². The van der Waals surface area contributed by atoms with E-state index >= 15 is 0 Å². The summed E-state index contributed by atoms with van der Waals surface area (Å²) in [5.41, 5.74) is 2.82. The van der Waals surface area contributed by atoms with Crippen molar-refractivity contribution in [2.75, 3.05) is 24.5 Å². The Bertz CT molecular complexity index is 1290. The number of thiophene rings is 1. The monoisotopic (exact) mass is 502 g/mol. The molecule has 0 spiro atoms. The van der Waals surface area contributed by atoms with Crippen LogP contribution in [0.3, 0.4) is 0 Å². The van der Waals surface area contributed by atoms with Crippen LogP contribution in [0.1, 0.15) is 34.8 Å². The second kappa shape index (κ2) is 9.11. The minimum absolute atomic E-state index is 0.0475. The fourth-order valence-electron chi connectivity index (χ4n) is 4.47. The van der Waals surface area contributed by atoms with Crippen LogP contribution >= 0.6 is 46.1 Å². The summed E-state index contributed by atoms with van der Waals surface area (Å²) < 4.78 is 1.21. The number of piperazine rings is 1. The van der Waals surface area contributed by atoms with Crippen molar-refractivity contribution < 1.29 is 4.79 Å². The summed E-state index contributed by atoms with van der Waals surface area (Å²) >= 11 is 20.5. The molecule has 2 aliphatic rings. The first-order valence-corrected chi connectivity index (χ1v) is 12.6. The van der Waals surface area contributed by atoms with Gasteiger partial charge in [0, 0.05) is 44.8 Å². The molecule has 3 aromatic rings. The summed E-state index contributed by atoms with van der Waals surface area (Å²) in [7, 11) is 0. The lowest BCUT2D eigenvalue weighted by Crippen LogP contribution is -2.51. The highest BCUT2D eigenvalue weighted by atomic mass is 35.5. The Morgan fingerprint density at radius 1 is 0.938 bits per heavy atom. The molecule has 7 heteroatoms. The van der Waals surface area contributed by atoms with Gasteiger partial charge in [-0.2, -0.15) is 0 Å². The van der Waals surface area contributed by atoms with Gasteiger partial charge in [-0.3, -0.25) is 4.79 Å². The normalized spacial score (nSPS) is 18.0. The van der Waals surface area contributed by atoms with Crippen LogP contribution in [0.25, 0.3) is 12.2 Å². The van der Waals surface area contributed by atoms with E-state index in [1.54, 1.807) is 17.4 Å². The largest absolute Gasteiger partial charge is 0.360 e. The molecule has 1 aliphatic heterocycles. The molecule has 1 amide bonds. The Morgan fingerprint density at radius 2 is 1.69 bits per heavy atom. The molecule has 5 rings (SSSR count). The van der Waals surface area contributed by atoms with E-state index in [1.807, 2.05) is 46.7 Å². The zero-order valence-corrected chi connectivity index (χ0v) is 20.3. The van der Waals surface area contributed by atoms with Gasteiger partial charge < -0.3 is 9.80 Å². The topological polar surface area (TPSA) is 23.6 Å². The number of benzene rings is 2. The van der Waals surface area contributed by atoms with Crippen LogP contribution < -0.4 is 14.7 Å². The lowest BCUT2D eigenvalue weighted by Gasteiger charge is -2.43. The standard InChI is InChI=1S/C25H21Cl3N2OS/c26-17-7-5-16(6-8-17)23-14-29(11-12-30(23)22-10-9-18(27)13-21(22)28)25(31)20-15-32-24-4-2-1-3-19(20)24/h3-10,13,15,23H,1-2,11-12,14H2. The Labute approximate surface area is 206 Å². The molecule has 0 saturated carbocycles. The zero-order chi connectivity index (χ0) is 22.2. The van der Waals surface area contributed by atoms with Crippen LogP contribution in [0, 0.1) is 0 Å². The van der Waals surface area contributed by atoms with Gasteiger partial charge >= 0.3 is 0 Å². The third kappa shape index (κ3) is 4.17. The molecular weight excluding hydrogens is 483 g/mol. The van der Waals surface area contributed by atoms with Crippen LogP contribution in [-0.4, -0.2) is 30.4 Å². The lowest BCUT2D eigenvalue weighted by molar-refractivity contribution is 0.0721. The number of amides is 1. The van der Waals surface area contributed by atoms with E-state index in [2.05, 4.69) is 17.1 Å². The van der Waals surface area contributed by atoms with Gasteiger partial charge in [0.25, 0.3) is 5.91 Å². The van der Waals surface area contributed by atoms with Gasteiger partial charge in [0.15, 0.2) is 0 Å². The van der Waals surface area contributed by atoms with Gasteiger partial charge in [0.2, 0.25) is 0 Å². The van der Waals surface area contributed by atoms with Crippen LogP contribution in [0.4, 0.5) is 5.69 Å². The number of halogens is 3. The van der Waals surface area contributed by atoms with Crippen molar-refractivity contribution in [1.29, 1.82) is 0 Å².